The Balaban J connectivity index is 1.64. The van der Waals surface area contributed by atoms with Crippen molar-refractivity contribution in [3.05, 3.63) is 92.3 Å². The topological polar surface area (TPSA) is 120 Å². The average Bonchev–Trinajstić information content (AvgIpc) is 3.28. The second kappa shape index (κ2) is 10.4. The van der Waals surface area contributed by atoms with Crippen molar-refractivity contribution in [1.29, 1.82) is 0 Å². The number of pyridine rings is 2. The second-order valence-electron chi connectivity index (χ2n) is 11.0. The van der Waals surface area contributed by atoms with Gasteiger partial charge in [-0.15, -0.1) is 0 Å². The van der Waals surface area contributed by atoms with Crippen LogP contribution in [-0.2, 0) is 32.5 Å². The Morgan fingerprint density at radius 2 is 1.83 bits per heavy atom. The van der Waals surface area contributed by atoms with Crippen LogP contribution in [0.5, 0.6) is 0 Å². The lowest BCUT2D eigenvalue weighted by molar-refractivity contribution is 0.281. The summed E-state index contributed by atoms with van der Waals surface area (Å²) in [7, 11) is 3.46. The molecule has 5 rings (SSSR count). The molecule has 0 atom stereocenters. The minimum Gasteiger partial charge on any atom is -0.392 e. The highest BCUT2D eigenvalue weighted by Gasteiger charge is 2.21. The van der Waals surface area contributed by atoms with E-state index in [1.807, 2.05) is 40.8 Å². The Hall–Kier alpha value is -4.64. The molecule has 0 bridgehead atoms. The van der Waals surface area contributed by atoms with E-state index in [0.717, 1.165) is 22.4 Å². The fourth-order valence-corrected chi connectivity index (χ4v) is 4.89. The molecule has 0 saturated heterocycles. The van der Waals surface area contributed by atoms with Gasteiger partial charge in [0.15, 0.2) is 11.6 Å². The maximum atomic E-state index is 15.3. The second-order valence-corrected chi connectivity index (χ2v) is 11.0. The quantitative estimate of drug-likeness (QED) is 0.322. The lowest BCUT2D eigenvalue weighted by atomic mass is 9.86. The molecule has 0 amide bonds. The molecule has 0 unspecified atom stereocenters. The van der Waals surface area contributed by atoms with E-state index in [1.54, 1.807) is 36.1 Å². The molecule has 0 spiro atoms. The number of halogens is 1. The van der Waals surface area contributed by atoms with E-state index in [-0.39, 0.29) is 27.9 Å². The number of hydrogen-bond donors (Lipinski definition) is 2. The van der Waals surface area contributed by atoms with E-state index in [2.05, 4.69) is 20.5 Å². The molecule has 0 fully saturated rings. The summed E-state index contributed by atoms with van der Waals surface area (Å²) >= 11 is 0. The molecular weight excluding hydrogens is 525 g/mol. The predicted octanol–water partition coefficient (Wildman–Crippen LogP) is 4.11. The molecule has 4 heterocycles. The third-order valence-corrected chi connectivity index (χ3v) is 7.19. The summed E-state index contributed by atoms with van der Waals surface area (Å²) in [5, 5.41) is 22.5. The van der Waals surface area contributed by atoms with Crippen LogP contribution in [-0.4, -0.2) is 34.2 Å². The number of fused-ring (bicyclic) bond motifs is 1. The van der Waals surface area contributed by atoms with Crippen molar-refractivity contribution >= 4 is 22.3 Å². The fraction of sp³-hybridized carbons (Fsp3) is 0.300. The van der Waals surface area contributed by atoms with E-state index in [0.29, 0.717) is 27.9 Å². The zero-order chi connectivity index (χ0) is 29.6. The Labute approximate surface area is 235 Å². The maximum Gasteiger partial charge on any atom is 0.283 e. The highest BCUT2D eigenvalue weighted by atomic mass is 19.1. The molecule has 1 aromatic carbocycles. The number of aryl methyl sites for hydroxylation is 3. The van der Waals surface area contributed by atoms with E-state index >= 15 is 4.39 Å². The van der Waals surface area contributed by atoms with Crippen molar-refractivity contribution in [2.24, 2.45) is 14.1 Å². The molecule has 0 saturated carbocycles. The highest BCUT2D eigenvalue weighted by molar-refractivity contribution is 5.83. The highest BCUT2D eigenvalue weighted by Crippen LogP contribution is 2.30. The maximum absolute atomic E-state index is 15.3. The van der Waals surface area contributed by atoms with Crippen LogP contribution >= 0.6 is 0 Å². The van der Waals surface area contributed by atoms with Gasteiger partial charge in [-0.05, 0) is 47.2 Å². The first-order chi connectivity index (χ1) is 19.4. The van der Waals surface area contributed by atoms with Crippen LogP contribution in [0.4, 0.5) is 15.9 Å². The van der Waals surface area contributed by atoms with Crippen LogP contribution in [0, 0.1) is 5.82 Å². The zero-order valence-corrected chi connectivity index (χ0v) is 23.9. The monoisotopic (exact) mass is 557 g/mol. The van der Waals surface area contributed by atoms with Gasteiger partial charge in [0.2, 0.25) is 0 Å². The number of anilines is 2. The molecule has 0 radical (unpaired) electrons. The molecule has 0 aliphatic rings. The fourth-order valence-electron chi connectivity index (χ4n) is 4.89. The van der Waals surface area contributed by atoms with Crippen LogP contribution in [0.3, 0.4) is 0 Å². The predicted molar refractivity (Wildman–Crippen MR) is 156 cm³/mol. The molecule has 5 aromatic rings. The summed E-state index contributed by atoms with van der Waals surface area (Å²) in [4.78, 5) is 30.8. The summed E-state index contributed by atoms with van der Waals surface area (Å²) in [5.74, 6) is -0.0540. The van der Waals surface area contributed by atoms with E-state index in [4.69, 9.17) is 0 Å². The zero-order valence-electron chi connectivity index (χ0n) is 23.9. The Morgan fingerprint density at radius 3 is 2.49 bits per heavy atom. The third kappa shape index (κ3) is 5.04. The SMILES string of the molecule is CCc1cc(Nc2cc(-c3ccnc(-n4ncc5cc(C(C)(C)C)cc(F)c5c4=O)c3CO)cn(C)c2=O)nn1C. The van der Waals surface area contributed by atoms with Gasteiger partial charge >= 0.3 is 0 Å². The van der Waals surface area contributed by atoms with Gasteiger partial charge in [-0.1, -0.05) is 27.7 Å². The smallest absolute Gasteiger partial charge is 0.283 e. The third-order valence-electron chi connectivity index (χ3n) is 7.19. The van der Waals surface area contributed by atoms with Gasteiger partial charge in [0.1, 0.15) is 11.5 Å². The number of rotatable bonds is 6. The number of aliphatic hydroxyl groups excluding tert-OH is 1. The van der Waals surface area contributed by atoms with E-state index < -0.39 is 18.0 Å². The van der Waals surface area contributed by atoms with E-state index in [1.165, 1.54) is 23.0 Å². The first-order valence-corrected chi connectivity index (χ1v) is 13.2. The van der Waals surface area contributed by atoms with Crippen LogP contribution in [0.1, 0.15) is 44.5 Å². The van der Waals surface area contributed by atoms with Crippen molar-refractivity contribution in [1.82, 2.24) is 29.1 Å². The number of nitrogens with zero attached hydrogens (tertiary/aromatic N) is 6. The molecular formula is C30H32FN7O3. The van der Waals surface area contributed by atoms with Crippen molar-refractivity contribution in [3.63, 3.8) is 0 Å². The number of nitrogens with one attached hydrogen (secondary N) is 1. The normalized spacial score (nSPS) is 11.8. The minimum atomic E-state index is -0.690. The molecule has 0 aliphatic carbocycles. The van der Waals surface area contributed by atoms with Crippen molar-refractivity contribution in [2.45, 2.75) is 46.1 Å². The van der Waals surface area contributed by atoms with Crippen LogP contribution < -0.4 is 16.4 Å². The summed E-state index contributed by atoms with van der Waals surface area (Å²) < 4.78 is 19.4. The largest absolute Gasteiger partial charge is 0.392 e. The Kier molecular flexibility index (Phi) is 7.08. The Morgan fingerprint density at radius 1 is 1.07 bits per heavy atom. The molecule has 212 valence electrons. The molecule has 11 heteroatoms. The summed E-state index contributed by atoms with van der Waals surface area (Å²) in [6.07, 6.45) is 5.32. The molecule has 41 heavy (non-hydrogen) atoms. The number of benzene rings is 1. The van der Waals surface area contributed by atoms with Crippen molar-refractivity contribution < 1.29 is 9.50 Å². The van der Waals surface area contributed by atoms with Gasteiger partial charge in [-0.2, -0.15) is 14.9 Å². The van der Waals surface area contributed by atoms with E-state index in [9.17, 15) is 14.7 Å². The van der Waals surface area contributed by atoms with Crippen LogP contribution in [0.15, 0.2) is 58.5 Å². The average molecular weight is 558 g/mol. The van der Waals surface area contributed by atoms with Crippen molar-refractivity contribution in [2.75, 3.05) is 5.32 Å². The van der Waals surface area contributed by atoms with Gasteiger partial charge in [-0.3, -0.25) is 14.3 Å². The summed E-state index contributed by atoms with van der Waals surface area (Å²) in [6.45, 7) is 7.42. The minimum absolute atomic E-state index is 0.0665. The van der Waals surface area contributed by atoms with Crippen molar-refractivity contribution in [3.8, 4) is 16.9 Å². The Bertz CT molecular complexity index is 1920. The molecule has 10 nitrogen and oxygen atoms in total. The van der Waals surface area contributed by atoms with Crippen LogP contribution in [0.25, 0.3) is 27.7 Å². The summed E-state index contributed by atoms with van der Waals surface area (Å²) in [6, 6.07) is 8.34. The van der Waals surface area contributed by atoms with Crippen LogP contribution in [0.2, 0.25) is 0 Å². The lowest BCUT2D eigenvalue weighted by Gasteiger charge is -2.20. The first kappa shape index (κ1) is 27.9. The standard InChI is InChI=1S/C30H32FN7O3/c1-7-20-13-25(35-37(20)6)34-24-11-18(15-36(5)28(24)40)21-8-9-32-27(22(21)16-39)38-29(41)26-17(14-33-38)10-19(12-23(26)31)30(2,3)4/h8-15,39H,7,16H2,1-6H3,(H,34,35). The molecule has 4 aromatic heterocycles. The number of aliphatic hydroxyl groups is 1. The van der Waals surface area contributed by atoms with Gasteiger partial charge in [0, 0.05) is 54.8 Å². The molecule has 0 aliphatic heterocycles. The van der Waals surface area contributed by atoms with Gasteiger partial charge in [0.05, 0.1) is 18.2 Å². The lowest BCUT2D eigenvalue weighted by Crippen LogP contribution is -2.25. The van der Waals surface area contributed by atoms with Gasteiger partial charge < -0.3 is 15.0 Å². The van der Waals surface area contributed by atoms with Gasteiger partial charge in [0.25, 0.3) is 11.1 Å². The van der Waals surface area contributed by atoms with Gasteiger partial charge in [-0.25, -0.2) is 9.37 Å². The number of hydrogen-bond acceptors (Lipinski definition) is 7. The number of aromatic nitrogens is 6. The first-order valence-electron chi connectivity index (χ1n) is 13.2. The summed E-state index contributed by atoms with van der Waals surface area (Å²) in [5.41, 5.74) is 2.17. The molecule has 2 N–H and O–H groups in total.